The van der Waals surface area contributed by atoms with Crippen LogP contribution in [0.2, 0.25) is 5.02 Å². The maximum atomic E-state index is 12.8. The molecule has 2 aromatic heterocycles. The van der Waals surface area contributed by atoms with Crippen LogP contribution in [0.15, 0.2) is 64.4 Å². The van der Waals surface area contributed by atoms with Crippen molar-refractivity contribution in [2.24, 2.45) is 0 Å². The molecule has 27 heavy (non-hydrogen) atoms. The third-order valence-corrected chi connectivity index (χ3v) is 5.37. The Morgan fingerprint density at radius 1 is 1.07 bits per heavy atom. The van der Waals surface area contributed by atoms with Gasteiger partial charge in [-0.3, -0.25) is 9.59 Å². The molecule has 4 aromatic rings. The summed E-state index contributed by atoms with van der Waals surface area (Å²) < 4.78 is 5.78. The molecule has 2 aromatic carbocycles. The zero-order valence-electron chi connectivity index (χ0n) is 14.3. The summed E-state index contributed by atoms with van der Waals surface area (Å²) in [5.41, 5.74) is 2.49. The van der Waals surface area contributed by atoms with Crippen molar-refractivity contribution in [2.75, 3.05) is 5.32 Å². The van der Waals surface area contributed by atoms with Crippen LogP contribution in [0.5, 0.6) is 0 Å². The van der Waals surface area contributed by atoms with E-state index in [-0.39, 0.29) is 17.5 Å². The number of hydrogen-bond acceptors (Lipinski definition) is 4. The summed E-state index contributed by atoms with van der Waals surface area (Å²) in [5.74, 6) is -0.0819. The lowest BCUT2D eigenvalue weighted by molar-refractivity contribution is 0.101. The van der Waals surface area contributed by atoms with Crippen molar-refractivity contribution in [3.63, 3.8) is 0 Å². The molecule has 0 unspecified atom stereocenters. The Balaban J connectivity index is 1.66. The molecule has 0 saturated carbocycles. The topological polar surface area (TPSA) is 59.3 Å². The number of benzene rings is 2. The molecule has 0 atom stereocenters. The van der Waals surface area contributed by atoms with Crippen molar-refractivity contribution >= 4 is 51.3 Å². The quantitative estimate of drug-likeness (QED) is 0.435. The van der Waals surface area contributed by atoms with Crippen molar-refractivity contribution in [1.29, 1.82) is 0 Å². The van der Waals surface area contributed by atoms with Crippen LogP contribution in [0.25, 0.3) is 11.0 Å². The number of amides is 1. The van der Waals surface area contributed by atoms with E-state index in [2.05, 4.69) is 5.32 Å². The molecule has 0 bridgehead atoms. The second-order valence-electron chi connectivity index (χ2n) is 6.03. The number of fused-ring (bicyclic) bond motifs is 1. The average molecular weight is 396 g/mol. The smallest absolute Gasteiger partial charge is 0.265 e. The highest BCUT2D eigenvalue weighted by Gasteiger charge is 2.20. The van der Waals surface area contributed by atoms with E-state index in [4.69, 9.17) is 16.0 Å². The van der Waals surface area contributed by atoms with Crippen LogP contribution in [-0.4, -0.2) is 11.7 Å². The lowest BCUT2D eigenvalue weighted by atomic mass is 10.0. The van der Waals surface area contributed by atoms with Gasteiger partial charge < -0.3 is 9.73 Å². The van der Waals surface area contributed by atoms with Gasteiger partial charge in [-0.25, -0.2) is 0 Å². The van der Waals surface area contributed by atoms with Crippen LogP contribution in [0.1, 0.15) is 31.4 Å². The fraction of sp³-hybridized carbons (Fsp3) is 0.0476. The van der Waals surface area contributed by atoms with Gasteiger partial charge in [-0.15, -0.1) is 11.3 Å². The van der Waals surface area contributed by atoms with Crippen LogP contribution >= 0.6 is 22.9 Å². The summed E-state index contributed by atoms with van der Waals surface area (Å²) >= 11 is 7.26. The molecule has 134 valence electrons. The van der Waals surface area contributed by atoms with E-state index in [1.807, 2.05) is 24.4 Å². The van der Waals surface area contributed by atoms with E-state index in [0.717, 1.165) is 10.9 Å². The molecule has 0 aliphatic carbocycles. The molecule has 4 rings (SSSR count). The highest BCUT2D eigenvalue weighted by Crippen LogP contribution is 2.30. The summed E-state index contributed by atoms with van der Waals surface area (Å²) in [7, 11) is 0. The summed E-state index contributed by atoms with van der Waals surface area (Å²) in [4.78, 5) is 25.6. The number of halogens is 1. The summed E-state index contributed by atoms with van der Waals surface area (Å²) in [6, 6.07) is 15.6. The predicted octanol–water partition coefficient (Wildman–Crippen LogP) is 5.94. The van der Waals surface area contributed by atoms with E-state index in [1.54, 1.807) is 42.5 Å². The Morgan fingerprint density at radius 3 is 2.56 bits per heavy atom. The molecule has 0 spiro atoms. The number of carbonyl (C=O) groups is 2. The number of hydrogen-bond donors (Lipinski definition) is 1. The van der Waals surface area contributed by atoms with Crippen LogP contribution < -0.4 is 5.32 Å². The standard InChI is InChI=1S/C21H14ClNO3S/c1-12-16-11-15(23-21(25)18-3-2-10-27-18)8-9-17(16)26-20(12)19(24)13-4-6-14(22)7-5-13/h2-11H,1H3,(H,23,25). The second-order valence-corrected chi connectivity index (χ2v) is 7.42. The van der Waals surface area contributed by atoms with Gasteiger partial charge in [-0.1, -0.05) is 17.7 Å². The van der Waals surface area contributed by atoms with Crippen molar-refractivity contribution in [3.8, 4) is 0 Å². The predicted molar refractivity (Wildman–Crippen MR) is 108 cm³/mol. The van der Waals surface area contributed by atoms with Gasteiger partial charge in [0.15, 0.2) is 5.76 Å². The summed E-state index contributed by atoms with van der Waals surface area (Å²) in [6.07, 6.45) is 0. The zero-order chi connectivity index (χ0) is 19.0. The van der Waals surface area contributed by atoms with Gasteiger partial charge in [0.2, 0.25) is 5.78 Å². The van der Waals surface area contributed by atoms with Gasteiger partial charge in [0.05, 0.1) is 4.88 Å². The fourth-order valence-corrected chi connectivity index (χ4v) is 3.59. The normalized spacial score (nSPS) is 10.9. The monoisotopic (exact) mass is 395 g/mol. The lowest BCUT2D eigenvalue weighted by Gasteiger charge is -2.03. The number of rotatable bonds is 4. The first-order valence-corrected chi connectivity index (χ1v) is 9.47. The van der Waals surface area contributed by atoms with Gasteiger partial charge >= 0.3 is 0 Å². The largest absolute Gasteiger partial charge is 0.452 e. The first-order chi connectivity index (χ1) is 13.0. The van der Waals surface area contributed by atoms with Crippen molar-refractivity contribution in [3.05, 3.63) is 86.8 Å². The summed E-state index contributed by atoms with van der Waals surface area (Å²) in [5, 5.41) is 6.08. The third kappa shape index (κ3) is 3.39. The Kier molecular flexibility index (Phi) is 4.56. The van der Waals surface area contributed by atoms with Crippen LogP contribution in [0.3, 0.4) is 0 Å². The number of aryl methyl sites for hydroxylation is 1. The van der Waals surface area contributed by atoms with E-state index in [0.29, 0.717) is 26.7 Å². The molecule has 0 saturated heterocycles. The van der Waals surface area contributed by atoms with E-state index >= 15 is 0 Å². The van der Waals surface area contributed by atoms with Gasteiger partial charge in [-0.2, -0.15) is 0 Å². The molecule has 6 heteroatoms. The van der Waals surface area contributed by atoms with Crippen molar-refractivity contribution in [2.45, 2.75) is 6.92 Å². The number of anilines is 1. The van der Waals surface area contributed by atoms with Gasteiger partial charge in [-0.05, 0) is 60.8 Å². The molecular weight excluding hydrogens is 382 g/mol. The Labute approximate surface area is 164 Å². The van der Waals surface area contributed by atoms with Gasteiger partial charge in [0.25, 0.3) is 5.91 Å². The average Bonchev–Trinajstić information content (AvgIpc) is 3.31. The van der Waals surface area contributed by atoms with E-state index < -0.39 is 0 Å². The SMILES string of the molecule is Cc1c(C(=O)c2ccc(Cl)cc2)oc2ccc(NC(=O)c3cccs3)cc12. The highest BCUT2D eigenvalue weighted by atomic mass is 35.5. The molecular formula is C21H14ClNO3S. The minimum Gasteiger partial charge on any atom is -0.452 e. The first-order valence-electron chi connectivity index (χ1n) is 8.21. The Hall–Kier alpha value is -2.89. The molecule has 1 N–H and O–H groups in total. The Bertz CT molecular complexity index is 1140. The second kappa shape index (κ2) is 7.02. The molecule has 1 amide bonds. The Morgan fingerprint density at radius 2 is 1.85 bits per heavy atom. The van der Waals surface area contributed by atoms with Crippen LogP contribution in [-0.2, 0) is 0 Å². The maximum absolute atomic E-state index is 12.8. The van der Waals surface area contributed by atoms with Crippen molar-refractivity contribution in [1.82, 2.24) is 0 Å². The molecule has 0 aliphatic rings. The minimum absolute atomic E-state index is 0.164. The molecule has 0 fully saturated rings. The maximum Gasteiger partial charge on any atom is 0.265 e. The number of ketones is 1. The number of carbonyl (C=O) groups excluding carboxylic acids is 2. The van der Waals surface area contributed by atoms with Crippen LogP contribution in [0, 0.1) is 6.92 Å². The van der Waals surface area contributed by atoms with E-state index in [9.17, 15) is 9.59 Å². The summed E-state index contributed by atoms with van der Waals surface area (Å²) in [6.45, 7) is 1.83. The molecule has 4 nitrogen and oxygen atoms in total. The fourth-order valence-electron chi connectivity index (χ4n) is 2.85. The highest BCUT2D eigenvalue weighted by molar-refractivity contribution is 7.12. The lowest BCUT2D eigenvalue weighted by Crippen LogP contribution is -2.09. The number of thiophene rings is 1. The van der Waals surface area contributed by atoms with Gasteiger partial charge in [0, 0.05) is 27.2 Å². The number of nitrogens with one attached hydrogen (secondary N) is 1. The van der Waals surface area contributed by atoms with Gasteiger partial charge in [0.1, 0.15) is 5.58 Å². The van der Waals surface area contributed by atoms with Crippen LogP contribution in [0.4, 0.5) is 5.69 Å². The molecule has 0 aliphatic heterocycles. The number of furan rings is 1. The van der Waals surface area contributed by atoms with Crippen molar-refractivity contribution < 1.29 is 14.0 Å². The zero-order valence-corrected chi connectivity index (χ0v) is 15.9. The third-order valence-electron chi connectivity index (χ3n) is 4.25. The molecule has 2 heterocycles. The van der Waals surface area contributed by atoms with E-state index in [1.165, 1.54) is 11.3 Å². The minimum atomic E-state index is -0.204. The first kappa shape index (κ1) is 17.5. The molecule has 0 radical (unpaired) electrons.